The topological polar surface area (TPSA) is 61.4 Å². The van der Waals surface area contributed by atoms with Crippen LogP contribution in [0.5, 0.6) is 0 Å². The molecule has 0 spiro atoms. The van der Waals surface area contributed by atoms with E-state index in [0.717, 1.165) is 45.0 Å². The lowest BCUT2D eigenvalue weighted by molar-refractivity contribution is 0.661. The van der Waals surface area contributed by atoms with Crippen molar-refractivity contribution in [2.75, 3.05) is 0 Å². The molecule has 0 atom stereocenters. The van der Waals surface area contributed by atoms with Crippen LogP contribution in [0.4, 0.5) is 0 Å². The Morgan fingerprint density at radius 3 is 1.36 bits per heavy atom. The summed E-state index contributed by atoms with van der Waals surface area (Å²) in [5, 5.41) is 9.66. The predicted molar refractivity (Wildman–Crippen MR) is 145 cm³/mol. The van der Waals surface area contributed by atoms with Gasteiger partial charge in [-0.15, -0.1) is 0 Å². The maximum Gasteiger partial charge on any atom is 0.182 e. The molecule has 0 N–H and O–H groups in total. The molecule has 0 aliphatic carbocycles. The van der Waals surface area contributed by atoms with Crippen LogP contribution in [0.3, 0.4) is 0 Å². The van der Waals surface area contributed by atoms with E-state index in [9.17, 15) is 0 Å². The average molecular weight is 473 g/mol. The fourth-order valence-electron chi connectivity index (χ4n) is 4.11. The lowest BCUT2D eigenvalue weighted by Gasteiger charge is -2.05. The molecule has 0 radical (unpaired) electrons. The van der Waals surface area contributed by atoms with Gasteiger partial charge in [-0.1, -0.05) is 98.1 Å². The molecule has 2 aromatic heterocycles. The molecule has 0 aliphatic rings. The summed E-state index contributed by atoms with van der Waals surface area (Å²) in [4.78, 5) is 9.55. The minimum atomic E-state index is 0.648. The van der Waals surface area contributed by atoms with Gasteiger partial charge in [0.1, 0.15) is 11.6 Å². The van der Waals surface area contributed by atoms with E-state index in [1.807, 2.05) is 59.6 Å². The average Bonchev–Trinajstić information content (AvgIpc) is 3.46. The van der Waals surface area contributed by atoms with Crippen LogP contribution in [0.15, 0.2) is 86.0 Å². The van der Waals surface area contributed by atoms with Gasteiger partial charge in [0.25, 0.3) is 0 Å². The van der Waals surface area contributed by atoms with Gasteiger partial charge in [-0.05, 0) is 36.1 Å². The fourth-order valence-corrected chi connectivity index (χ4v) is 4.11. The summed E-state index contributed by atoms with van der Waals surface area (Å²) in [5.41, 5.74) is 6.33. The van der Waals surface area contributed by atoms with Gasteiger partial charge in [0.05, 0.1) is 13.1 Å². The van der Waals surface area contributed by atoms with E-state index < -0.39 is 0 Å². The van der Waals surface area contributed by atoms with Gasteiger partial charge in [-0.2, -0.15) is 10.2 Å². The molecular formula is C30H28N6. The van der Waals surface area contributed by atoms with Crippen molar-refractivity contribution in [3.8, 4) is 22.8 Å². The minimum absolute atomic E-state index is 0.648. The van der Waals surface area contributed by atoms with Crippen LogP contribution in [0.25, 0.3) is 34.9 Å². The van der Waals surface area contributed by atoms with E-state index in [0.29, 0.717) is 24.7 Å². The molecular weight excluding hydrogens is 444 g/mol. The zero-order valence-corrected chi connectivity index (χ0v) is 20.6. The van der Waals surface area contributed by atoms with Crippen molar-refractivity contribution in [1.82, 2.24) is 29.5 Å². The van der Waals surface area contributed by atoms with Crippen molar-refractivity contribution in [3.05, 3.63) is 120 Å². The molecule has 0 bridgehead atoms. The standard InChI is InChI=1S/C30H28N6/c1-5-23-11-15-25(16-12-23)19-35-21(3)31-29(33-35)27-9-7-8-10-28(27)30-32-22(4)36(34-30)20-26-17-13-24(6-2)14-18-26/h5-18H,1-2,19-20H2,3-4H3. The van der Waals surface area contributed by atoms with Gasteiger partial charge in [0.15, 0.2) is 11.6 Å². The van der Waals surface area contributed by atoms with Crippen molar-refractivity contribution in [3.63, 3.8) is 0 Å². The Bertz CT molecular complexity index is 1400. The van der Waals surface area contributed by atoms with Gasteiger partial charge >= 0.3 is 0 Å². The number of nitrogens with zero attached hydrogens (tertiary/aromatic N) is 6. The molecule has 0 amide bonds. The second-order valence-electron chi connectivity index (χ2n) is 8.72. The summed E-state index contributed by atoms with van der Waals surface area (Å²) in [7, 11) is 0. The van der Waals surface area contributed by atoms with Gasteiger partial charge in [0, 0.05) is 11.1 Å². The number of rotatable bonds is 8. The van der Waals surface area contributed by atoms with Crippen molar-refractivity contribution < 1.29 is 0 Å². The van der Waals surface area contributed by atoms with Crippen molar-refractivity contribution >= 4 is 12.2 Å². The molecule has 5 rings (SSSR count). The Kier molecular flexibility index (Phi) is 6.41. The van der Waals surface area contributed by atoms with Crippen molar-refractivity contribution in [1.29, 1.82) is 0 Å². The Labute approximate surface area is 211 Å². The summed E-state index contributed by atoms with van der Waals surface area (Å²) < 4.78 is 3.86. The summed E-state index contributed by atoms with van der Waals surface area (Å²) in [5.74, 6) is 3.04. The Hall–Kier alpha value is -4.58. The summed E-state index contributed by atoms with van der Waals surface area (Å²) in [6, 6.07) is 24.6. The number of aryl methyl sites for hydroxylation is 2. The second kappa shape index (κ2) is 9.96. The summed E-state index contributed by atoms with van der Waals surface area (Å²) in [6.45, 7) is 12.9. The molecule has 2 heterocycles. The highest BCUT2D eigenvalue weighted by Gasteiger charge is 2.17. The Balaban J connectivity index is 1.43. The van der Waals surface area contributed by atoms with Crippen LogP contribution >= 0.6 is 0 Å². The molecule has 0 saturated carbocycles. The fraction of sp³-hybridized carbons (Fsp3) is 0.133. The zero-order valence-electron chi connectivity index (χ0n) is 20.6. The van der Waals surface area contributed by atoms with Crippen molar-refractivity contribution in [2.45, 2.75) is 26.9 Å². The largest absolute Gasteiger partial charge is 0.245 e. The van der Waals surface area contributed by atoms with Gasteiger partial charge in [-0.3, -0.25) is 0 Å². The molecule has 6 heteroatoms. The molecule has 0 aliphatic heterocycles. The Morgan fingerprint density at radius 2 is 1.00 bits per heavy atom. The SMILES string of the molecule is C=Cc1ccc(Cn2nc(-c3ccccc3-c3nc(C)n(Cc4ccc(C=C)cc4)n3)nc2C)cc1. The first-order valence-electron chi connectivity index (χ1n) is 11.9. The van der Waals surface area contributed by atoms with Crippen LogP contribution in [-0.2, 0) is 13.1 Å². The molecule has 0 fully saturated rings. The van der Waals surface area contributed by atoms with E-state index >= 15 is 0 Å². The lowest BCUT2D eigenvalue weighted by Crippen LogP contribution is -2.04. The minimum Gasteiger partial charge on any atom is -0.245 e. The highest BCUT2D eigenvalue weighted by molar-refractivity contribution is 5.76. The molecule has 0 unspecified atom stereocenters. The van der Waals surface area contributed by atoms with Crippen LogP contribution in [-0.4, -0.2) is 29.5 Å². The predicted octanol–water partition coefficient (Wildman–Crippen LogP) is 6.20. The first kappa shape index (κ1) is 23.2. The number of aromatic nitrogens is 6. The van der Waals surface area contributed by atoms with E-state index in [1.165, 1.54) is 0 Å². The first-order valence-corrected chi connectivity index (χ1v) is 11.9. The van der Waals surface area contributed by atoms with Gasteiger partial charge in [-0.25, -0.2) is 19.3 Å². The maximum atomic E-state index is 4.83. The normalized spacial score (nSPS) is 10.9. The third kappa shape index (κ3) is 4.79. The van der Waals surface area contributed by atoms with Gasteiger partial charge in [0.2, 0.25) is 0 Å². The lowest BCUT2D eigenvalue weighted by atomic mass is 10.1. The third-order valence-corrected chi connectivity index (χ3v) is 6.22. The molecule has 36 heavy (non-hydrogen) atoms. The zero-order chi connectivity index (χ0) is 25.1. The smallest absolute Gasteiger partial charge is 0.182 e. The van der Waals surface area contributed by atoms with Crippen LogP contribution in [0, 0.1) is 13.8 Å². The van der Waals surface area contributed by atoms with E-state index in [1.54, 1.807) is 0 Å². The summed E-state index contributed by atoms with van der Waals surface area (Å²) >= 11 is 0. The molecule has 5 aromatic rings. The monoisotopic (exact) mass is 472 g/mol. The number of hydrogen-bond acceptors (Lipinski definition) is 4. The van der Waals surface area contributed by atoms with Crippen LogP contribution < -0.4 is 0 Å². The Morgan fingerprint density at radius 1 is 0.611 bits per heavy atom. The van der Waals surface area contributed by atoms with Crippen molar-refractivity contribution in [2.24, 2.45) is 0 Å². The molecule has 0 saturated heterocycles. The highest BCUT2D eigenvalue weighted by Crippen LogP contribution is 2.29. The van der Waals surface area contributed by atoms with E-state index in [-0.39, 0.29) is 0 Å². The quantitative estimate of drug-likeness (QED) is 0.270. The molecule has 178 valence electrons. The van der Waals surface area contributed by atoms with Gasteiger partial charge < -0.3 is 0 Å². The number of benzene rings is 3. The first-order chi connectivity index (χ1) is 17.5. The second-order valence-corrected chi connectivity index (χ2v) is 8.72. The van der Waals surface area contributed by atoms with E-state index in [4.69, 9.17) is 20.2 Å². The third-order valence-electron chi connectivity index (χ3n) is 6.22. The maximum absolute atomic E-state index is 4.83. The van der Waals surface area contributed by atoms with Crippen LogP contribution in [0.2, 0.25) is 0 Å². The highest BCUT2D eigenvalue weighted by atomic mass is 15.4. The number of hydrogen-bond donors (Lipinski definition) is 0. The van der Waals surface area contributed by atoms with E-state index in [2.05, 4.69) is 61.7 Å². The summed E-state index contributed by atoms with van der Waals surface area (Å²) in [6.07, 6.45) is 3.68. The van der Waals surface area contributed by atoms with Crippen LogP contribution in [0.1, 0.15) is 33.9 Å². The molecule has 3 aromatic carbocycles. The molecule has 6 nitrogen and oxygen atoms in total.